The summed E-state index contributed by atoms with van der Waals surface area (Å²) in [5.41, 5.74) is 1.25. The minimum atomic E-state index is -0.967. The Morgan fingerprint density at radius 2 is 2.36 bits per heavy atom. The second-order valence-electron chi connectivity index (χ2n) is 4.16. The molecule has 3 unspecified atom stereocenters. The maximum atomic E-state index is 11.1. The van der Waals surface area contributed by atoms with Crippen molar-refractivity contribution in [2.45, 2.75) is 32.8 Å². The maximum Gasteiger partial charge on any atom is 0.334 e. The number of esters is 1. The van der Waals surface area contributed by atoms with Gasteiger partial charge in [-0.1, -0.05) is 18.6 Å². The van der Waals surface area contributed by atoms with Crippen LogP contribution in [0.4, 0.5) is 0 Å². The molecule has 0 aromatic rings. The van der Waals surface area contributed by atoms with E-state index in [4.69, 9.17) is 0 Å². The summed E-state index contributed by atoms with van der Waals surface area (Å²) in [7, 11) is 1.31. The van der Waals surface area contributed by atoms with Crippen LogP contribution in [0.5, 0.6) is 0 Å². The molecule has 1 rings (SSSR count). The molecule has 0 bridgehead atoms. The van der Waals surface area contributed by atoms with Gasteiger partial charge in [-0.15, -0.1) is 0 Å². The Labute approximate surface area is 84.8 Å². The van der Waals surface area contributed by atoms with Crippen molar-refractivity contribution in [2.24, 2.45) is 11.8 Å². The molecule has 0 spiro atoms. The molecular formula is C11H18O3. The molecule has 0 aromatic heterocycles. The van der Waals surface area contributed by atoms with E-state index in [2.05, 4.69) is 17.7 Å². The van der Waals surface area contributed by atoms with Gasteiger partial charge in [-0.3, -0.25) is 0 Å². The molecule has 3 atom stereocenters. The summed E-state index contributed by atoms with van der Waals surface area (Å²) in [6, 6.07) is 0. The van der Waals surface area contributed by atoms with Crippen LogP contribution in [0, 0.1) is 11.8 Å². The third kappa shape index (κ3) is 2.58. The zero-order valence-electron chi connectivity index (χ0n) is 8.99. The Morgan fingerprint density at radius 3 is 2.86 bits per heavy atom. The molecule has 0 aromatic carbocycles. The summed E-state index contributed by atoms with van der Waals surface area (Å²) in [6.45, 7) is 4.13. The highest BCUT2D eigenvalue weighted by molar-refractivity contribution is 5.74. The van der Waals surface area contributed by atoms with E-state index in [1.165, 1.54) is 12.7 Å². The molecule has 0 heterocycles. The van der Waals surface area contributed by atoms with E-state index in [-0.39, 0.29) is 5.92 Å². The molecule has 0 aliphatic heterocycles. The molecule has 14 heavy (non-hydrogen) atoms. The van der Waals surface area contributed by atoms with Crippen molar-refractivity contribution in [3.63, 3.8) is 0 Å². The van der Waals surface area contributed by atoms with Crippen LogP contribution in [0.2, 0.25) is 0 Å². The average Bonchev–Trinajstić information content (AvgIpc) is 2.14. The number of rotatable bonds is 2. The van der Waals surface area contributed by atoms with Crippen LogP contribution in [-0.2, 0) is 9.53 Å². The minimum Gasteiger partial charge on any atom is -0.467 e. The molecule has 1 aliphatic carbocycles. The molecule has 80 valence electrons. The fourth-order valence-electron chi connectivity index (χ4n) is 2.15. The van der Waals surface area contributed by atoms with E-state index in [0.29, 0.717) is 5.92 Å². The first kappa shape index (κ1) is 11.2. The Bertz CT molecular complexity index is 245. The highest BCUT2D eigenvalue weighted by Gasteiger charge is 2.30. The largest absolute Gasteiger partial charge is 0.467 e. The fraction of sp³-hybridized carbons (Fsp3) is 0.727. The average molecular weight is 198 g/mol. The number of aliphatic hydroxyl groups is 1. The van der Waals surface area contributed by atoms with Crippen molar-refractivity contribution < 1.29 is 14.6 Å². The summed E-state index contributed by atoms with van der Waals surface area (Å²) in [5, 5.41) is 9.68. The lowest BCUT2D eigenvalue weighted by molar-refractivity contribution is -0.153. The zero-order chi connectivity index (χ0) is 10.7. The molecule has 3 nitrogen and oxygen atoms in total. The fourth-order valence-corrected chi connectivity index (χ4v) is 2.15. The molecule has 0 saturated carbocycles. The third-order valence-electron chi connectivity index (χ3n) is 2.72. The number of ether oxygens (including phenoxy) is 1. The highest BCUT2D eigenvalue weighted by atomic mass is 16.5. The smallest absolute Gasteiger partial charge is 0.334 e. The SMILES string of the molecule is COC(=O)C(O)C1CC(C)=CC(C)C1. The van der Waals surface area contributed by atoms with Gasteiger partial charge >= 0.3 is 5.97 Å². The molecule has 1 aliphatic rings. The summed E-state index contributed by atoms with van der Waals surface area (Å²) in [4.78, 5) is 11.1. The number of aliphatic hydroxyl groups excluding tert-OH is 1. The monoisotopic (exact) mass is 198 g/mol. The number of hydrogen-bond acceptors (Lipinski definition) is 3. The van der Waals surface area contributed by atoms with Crippen LogP contribution in [0.3, 0.4) is 0 Å². The van der Waals surface area contributed by atoms with Crippen molar-refractivity contribution in [2.75, 3.05) is 7.11 Å². The van der Waals surface area contributed by atoms with Crippen LogP contribution in [-0.4, -0.2) is 24.3 Å². The summed E-state index contributed by atoms with van der Waals surface area (Å²) >= 11 is 0. The third-order valence-corrected chi connectivity index (χ3v) is 2.72. The van der Waals surface area contributed by atoms with Gasteiger partial charge in [-0.2, -0.15) is 0 Å². The lowest BCUT2D eigenvalue weighted by atomic mass is 9.80. The van der Waals surface area contributed by atoms with Crippen molar-refractivity contribution in [3.05, 3.63) is 11.6 Å². The van der Waals surface area contributed by atoms with Gasteiger partial charge in [0.15, 0.2) is 6.10 Å². The van der Waals surface area contributed by atoms with Crippen LogP contribution >= 0.6 is 0 Å². The summed E-state index contributed by atoms with van der Waals surface area (Å²) in [6.07, 6.45) is 2.88. The number of methoxy groups -OCH3 is 1. The van der Waals surface area contributed by atoms with Gasteiger partial charge in [0, 0.05) is 0 Å². The summed E-state index contributed by atoms with van der Waals surface area (Å²) in [5.74, 6) is -0.0626. The van der Waals surface area contributed by atoms with Gasteiger partial charge < -0.3 is 9.84 Å². The topological polar surface area (TPSA) is 46.5 Å². The van der Waals surface area contributed by atoms with Crippen LogP contribution in [0.15, 0.2) is 11.6 Å². The predicted molar refractivity (Wildman–Crippen MR) is 53.7 cm³/mol. The zero-order valence-corrected chi connectivity index (χ0v) is 8.99. The van der Waals surface area contributed by atoms with Gasteiger partial charge in [0.2, 0.25) is 0 Å². The van der Waals surface area contributed by atoms with E-state index in [9.17, 15) is 9.90 Å². The maximum absolute atomic E-state index is 11.1. The standard InChI is InChI=1S/C11H18O3/c1-7-4-8(2)6-9(5-7)10(12)11(13)14-3/h4,7,9-10,12H,5-6H2,1-3H3. The molecule has 0 fully saturated rings. The van der Waals surface area contributed by atoms with E-state index in [1.807, 2.05) is 6.92 Å². The van der Waals surface area contributed by atoms with E-state index in [0.717, 1.165) is 12.8 Å². The summed E-state index contributed by atoms with van der Waals surface area (Å²) < 4.78 is 4.53. The van der Waals surface area contributed by atoms with Gasteiger partial charge in [-0.05, 0) is 31.6 Å². The number of carbonyl (C=O) groups excluding carboxylic acids is 1. The Kier molecular flexibility index (Phi) is 3.69. The molecular weight excluding hydrogens is 180 g/mol. The molecule has 0 saturated heterocycles. The molecule has 3 heteroatoms. The highest BCUT2D eigenvalue weighted by Crippen LogP contribution is 2.30. The van der Waals surface area contributed by atoms with Crippen LogP contribution in [0.25, 0.3) is 0 Å². The second-order valence-corrected chi connectivity index (χ2v) is 4.16. The van der Waals surface area contributed by atoms with E-state index >= 15 is 0 Å². The number of hydrogen-bond donors (Lipinski definition) is 1. The Morgan fingerprint density at radius 1 is 1.71 bits per heavy atom. The van der Waals surface area contributed by atoms with Crippen molar-refractivity contribution in [3.8, 4) is 0 Å². The van der Waals surface area contributed by atoms with Gasteiger partial charge in [0.05, 0.1) is 7.11 Å². The molecule has 0 amide bonds. The van der Waals surface area contributed by atoms with Crippen molar-refractivity contribution >= 4 is 5.97 Å². The first-order valence-electron chi connectivity index (χ1n) is 4.97. The number of allylic oxidation sites excluding steroid dienone is 2. The Hall–Kier alpha value is -0.830. The predicted octanol–water partition coefficient (Wildman–Crippen LogP) is 1.51. The second kappa shape index (κ2) is 4.60. The van der Waals surface area contributed by atoms with Crippen molar-refractivity contribution in [1.29, 1.82) is 0 Å². The van der Waals surface area contributed by atoms with Crippen LogP contribution < -0.4 is 0 Å². The molecule has 0 radical (unpaired) electrons. The Balaban J connectivity index is 2.62. The first-order chi connectivity index (χ1) is 6.54. The van der Waals surface area contributed by atoms with E-state index < -0.39 is 12.1 Å². The van der Waals surface area contributed by atoms with E-state index in [1.54, 1.807) is 0 Å². The van der Waals surface area contributed by atoms with Gasteiger partial charge in [-0.25, -0.2) is 4.79 Å². The van der Waals surface area contributed by atoms with Crippen molar-refractivity contribution in [1.82, 2.24) is 0 Å². The quantitative estimate of drug-likeness (QED) is 0.540. The number of carbonyl (C=O) groups is 1. The van der Waals surface area contributed by atoms with Crippen LogP contribution in [0.1, 0.15) is 26.7 Å². The normalized spacial score (nSPS) is 29.3. The lowest BCUT2D eigenvalue weighted by Crippen LogP contribution is -2.33. The molecule has 1 N–H and O–H groups in total. The minimum absolute atomic E-state index is 0.0162. The lowest BCUT2D eigenvalue weighted by Gasteiger charge is -2.27. The van der Waals surface area contributed by atoms with Gasteiger partial charge in [0.1, 0.15) is 0 Å². The first-order valence-corrected chi connectivity index (χ1v) is 4.97. The van der Waals surface area contributed by atoms with Gasteiger partial charge in [0.25, 0.3) is 0 Å².